The number of hydrogen-bond acceptors (Lipinski definition) is 5. The van der Waals surface area contributed by atoms with Crippen LogP contribution in [0.4, 0.5) is 24.7 Å². The van der Waals surface area contributed by atoms with Gasteiger partial charge in [0.1, 0.15) is 17.3 Å². The first kappa shape index (κ1) is 19.2. The summed E-state index contributed by atoms with van der Waals surface area (Å²) in [5.41, 5.74) is 1.12. The Morgan fingerprint density at radius 3 is 2.40 bits per heavy atom. The molecule has 0 unspecified atom stereocenters. The number of nitrogens with one attached hydrogen (secondary N) is 2. The molecule has 2 N–H and O–H groups in total. The molecule has 0 aliphatic carbocycles. The van der Waals surface area contributed by atoms with Crippen molar-refractivity contribution in [1.29, 1.82) is 5.26 Å². The Balaban J connectivity index is 1.89. The van der Waals surface area contributed by atoms with E-state index in [0.717, 1.165) is 12.1 Å². The number of aromatic nitrogens is 3. The first-order valence-electron chi connectivity index (χ1n) is 8.60. The largest absolute Gasteiger partial charge is 0.493 e. The van der Waals surface area contributed by atoms with Crippen LogP contribution in [0.1, 0.15) is 5.56 Å². The van der Waals surface area contributed by atoms with E-state index in [-0.39, 0.29) is 28.3 Å². The molecule has 30 heavy (non-hydrogen) atoms. The van der Waals surface area contributed by atoms with Crippen molar-refractivity contribution in [2.75, 3.05) is 19.5 Å². The molecule has 0 spiro atoms. The fraction of sp³-hybridized carbons (Fsp3) is 0.100. The highest BCUT2D eigenvalue weighted by atomic mass is 19.2. The summed E-state index contributed by atoms with van der Waals surface area (Å²) in [4.78, 5) is 4.33. The van der Waals surface area contributed by atoms with E-state index in [1.807, 2.05) is 6.07 Å². The topological polar surface area (TPSA) is 87.4 Å². The number of methoxy groups -OCH3 is 2. The SMILES string of the molecule is COc1ccc(Nc2c(-c3cc(F)c(F)c(F)c3)nc3c(C#N)c[nH]n23)cc1OC. The summed E-state index contributed by atoms with van der Waals surface area (Å²) in [7, 11) is 2.99. The molecule has 7 nitrogen and oxygen atoms in total. The van der Waals surface area contributed by atoms with Gasteiger partial charge < -0.3 is 14.8 Å². The Morgan fingerprint density at radius 1 is 1.07 bits per heavy atom. The molecule has 0 bridgehead atoms. The maximum atomic E-state index is 13.8. The highest BCUT2D eigenvalue weighted by Crippen LogP contribution is 2.36. The van der Waals surface area contributed by atoms with Crippen LogP contribution in [0.25, 0.3) is 16.9 Å². The maximum absolute atomic E-state index is 13.8. The average Bonchev–Trinajstić information content (AvgIpc) is 3.31. The summed E-state index contributed by atoms with van der Waals surface area (Å²) in [5, 5.41) is 15.2. The summed E-state index contributed by atoms with van der Waals surface area (Å²) in [6, 6.07) is 8.69. The van der Waals surface area contributed by atoms with Crippen molar-refractivity contribution in [2.45, 2.75) is 0 Å². The van der Waals surface area contributed by atoms with Gasteiger partial charge in [-0.05, 0) is 24.3 Å². The van der Waals surface area contributed by atoms with Crippen molar-refractivity contribution in [2.24, 2.45) is 0 Å². The van der Waals surface area contributed by atoms with Crippen LogP contribution >= 0.6 is 0 Å². The van der Waals surface area contributed by atoms with Crippen LogP contribution < -0.4 is 14.8 Å². The fourth-order valence-corrected chi connectivity index (χ4v) is 3.06. The molecule has 0 aliphatic heterocycles. The van der Waals surface area contributed by atoms with Gasteiger partial charge in [-0.15, -0.1) is 0 Å². The van der Waals surface area contributed by atoms with E-state index in [9.17, 15) is 18.4 Å². The van der Waals surface area contributed by atoms with Gasteiger partial charge in [0.25, 0.3) is 0 Å². The molecular formula is C20H14F3N5O2. The Kier molecular flexibility index (Phi) is 4.71. The number of H-pyrrole nitrogens is 1. The number of nitrogens with zero attached hydrogens (tertiary/aromatic N) is 3. The maximum Gasteiger partial charge on any atom is 0.194 e. The smallest absolute Gasteiger partial charge is 0.194 e. The van der Waals surface area contributed by atoms with Gasteiger partial charge in [-0.2, -0.15) is 5.26 Å². The Bertz CT molecular complexity index is 1280. The van der Waals surface area contributed by atoms with Crippen molar-refractivity contribution in [3.05, 3.63) is 59.5 Å². The number of aromatic amines is 1. The predicted octanol–water partition coefficient (Wildman–Crippen LogP) is 4.38. The van der Waals surface area contributed by atoms with Gasteiger partial charge in [-0.3, -0.25) is 5.10 Å². The van der Waals surface area contributed by atoms with Gasteiger partial charge in [0.15, 0.2) is 40.4 Å². The zero-order valence-corrected chi connectivity index (χ0v) is 15.8. The number of hydrogen-bond donors (Lipinski definition) is 2. The second-order valence-corrected chi connectivity index (χ2v) is 6.22. The minimum absolute atomic E-state index is 0.00429. The summed E-state index contributed by atoms with van der Waals surface area (Å²) < 4.78 is 53.0. The van der Waals surface area contributed by atoms with E-state index in [1.165, 1.54) is 24.9 Å². The number of nitriles is 1. The number of ether oxygens (including phenoxy) is 2. The number of benzene rings is 2. The Labute approximate surface area is 168 Å². The number of anilines is 2. The lowest BCUT2D eigenvalue weighted by atomic mass is 10.1. The van der Waals surface area contributed by atoms with Gasteiger partial charge >= 0.3 is 0 Å². The minimum atomic E-state index is -1.57. The first-order valence-corrected chi connectivity index (χ1v) is 8.60. The van der Waals surface area contributed by atoms with Crippen LogP contribution in [0.5, 0.6) is 11.5 Å². The molecule has 0 atom stereocenters. The standard InChI is InChI=1S/C20H14F3N5O2/c1-29-15-4-3-12(7-16(15)30-2)26-20-18(10-5-13(21)17(23)14(22)6-10)27-19-11(8-24)9-25-28(19)20/h3-7,9,25-26H,1-2H3. The molecule has 0 saturated heterocycles. The van der Waals surface area contributed by atoms with E-state index in [2.05, 4.69) is 15.4 Å². The third-order valence-corrected chi connectivity index (χ3v) is 4.48. The molecule has 0 aliphatic rings. The normalized spacial score (nSPS) is 10.8. The molecule has 2 aromatic carbocycles. The summed E-state index contributed by atoms with van der Waals surface area (Å²) in [6.07, 6.45) is 1.44. The summed E-state index contributed by atoms with van der Waals surface area (Å²) >= 11 is 0. The average molecular weight is 413 g/mol. The lowest BCUT2D eigenvalue weighted by Gasteiger charge is -2.12. The zero-order chi connectivity index (χ0) is 21.4. The van der Waals surface area contributed by atoms with Crippen molar-refractivity contribution in [3.8, 4) is 28.8 Å². The molecule has 152 valence electrons. The van der Waals surface area contributed by atoms with Crippen LogP contribution in [0.15, 0.2) is 36.5 Å². The van der Waals surface area contributed by atoms with Gasteiger partial charge in [-0.25, -0.2) is 22.7 Å². The lowest BCUT2D eigenvalue weighted by molar-refractivity contribution is 0.355. The minimum Gasteiger partial charge on any atom is -0.493 e. The van der Waals surface area contributed by atoms with E-state index in [4.69, 9.17) is 9.47 Å². The van der Waals surface area contributed by atoms with E-state index >= 15 is 0 Å². The number of fused-ring (bicyclic) bond motifs is 1. The van der Waals surface area contributed by atoms with Crippen LogP contribution in [-0.4, -0.2) is 28.8 Å². The van der Waals surface area contributed by atoms with E-state index < -0.39 is 17.5 Å². The van der Waals surface area contributed by atoms with Crippen molar-refractivity contribution < 1.29 is 22.6 Å². The van der Waals surface area contributed by atoms with Gasteiger partial charge in [0, 0.05) is 23.5 Å². The molecule has 0 fully saturated rings. The van der Waals surface area contributed by atoms with Crippen molar-refractivity contribution >= 4 is 17.2 Å². The van der Waals surface area contributed by atoms with Crippen LogP contribution in [0, 0.1) is 28.8 Å². The highest BCUT2D eigenvalue weighted by molar-refractivity contribution is 5.81. The van der Waals surface area contributed by atoms with Gasteiger partial charge in [0.2, 0.25) is 0 Å². The third-order valence-electron chi connectivity index (χ3n) is 4.48. The van der Waals surface area contributed by atoms with Gasteiger partial charge in [0.05, 0.1) is 14.2 Å². The second kappa shape index (κ2) is 7.36. The number of rotatable bonds is 5. The van der Waals surface area contributed by atoms with Crippen LogP contribution in [0.2, 0.25) is 0 Å². The molecule has 2 heterocycles. The molecule has 0 saturated carbocycles. The monoisotopic (exact) mass is 413 g/mol. The fourth-order valence-electron chi connectivity index (χ4n) is 3.06. The van der Waals surface area contributed by atoms with Crippen molar-refractivity contribution in [3.63, 3.8) is 0 Å². The van der Waals surface area contributed by atoms with Crippen LogP contribution in [-0.2, 0) is 0 Å². The summed E-state index contributed by atoms with van der Waals surface area (Å²) in [5.74, 6) is -3.03. The third kappa shape index (κ3) is 3.06. The highest BCUT2D eigenvalue weighted by Gasteiger charge is 2.21. The second-order valence-electron chi connectivity index (χ2n) is 6.22. The lowest BCUT2D eigenvalue weighted by Crippen LogP contribution is -2.00. The van der Waals surface area contributed by atoms with E-state index in [0.29, 0.717) is 17.2 Å². The molecule has 4 rings (SSSR count). The Morgan fingerprint density at radius 2 is 1.77 bits per heavy atom. The first-order chi connectivity index (χ1) is 14.5. The molecule has 2 aromatic heterocycles. The molecular weight excluding hydrogens is 399 g/mol. The molecule has 0 amide bonds. The predicted molar refractivity (Wildman–Crippen MR) is 102 cm³/mol. The Hall–Kier alpha value is -4.13. The van der Waals surface area contributed by atoms with E-state index in [1.54, 1.807) is 18.2 Å². The van der Waals surface area contributed by atoms with Gasteiger partial charge in [-0.1, -0.05) is 0 Å². The molecule has 4 aromatic rings. The number of halogens is 3. The number of imidazole rings is 1. The molecule has 0 radical (unpaired) electrons. The van der Waals surface area contributed by atoms with Crippen LogP contribution in [0.3, 0.4) is 0 Å². The van der Waals surface area contributed by atoms with Crippen molar-refractivity contribution in [1.82, 2.24) is 14.6 Å². The quantitative estimate of drug-likeness (QED) is 0.474. The zero-order valence-electron chi connectivity index (χ0n) is 15.8. The molecule has 10 heteroatoms. The summed E-state index contributed by atoms with van der Waals surface area (Å²) in [6.45, 7) is 0.